The van der Waals surface area contributed by atoms with E-state index in [9.17, 15) is 44.6 Å². The van der Waals surface area contributed by atoms with Gasteiger partial charge in [-0.1, -0.05) is 127 Å². The van der Waals surface area contributed by atoms with E-state index in [1.165, 1.54) is 51.4 Å². The quantitative estimate of drug-likeness (QED) is 0.0118. The molecule has 1 saturated carbocycles. The van der Waals surface area contributed by atoms with Crippen molar-refractivity contribution >= 4 is 19.8 Å². The van der Waals surface area contributed by atoms with Crippen LogP contribution in [0.2, 0.25) is 0 Å². The van der Waals surface area contributed by atoms with Crippen LogP contribution in [0.15, 0.2) is 36.5 Å². The molecule has 14 heteroatoms. The van der Waals surface area contributed by atoms with Crippen LogP contribution in [0, 0.1) is 0 Å². The summed E-state index contributed by atoms with van der Waals surface area (Å²) in [7, 11) is -5.12. The van der Waals surface area contributed by atoms with Crippen LogP contribution in [0.3, 0.4) is 0 Å². The van der Waals surface area contributed by atoms with Gasteiger partial charge >= 0.3 is 19.8 Å². The first kappa shape index (κ1) is 53.1. The second-order valence-corrected chi connectivity index (χ2v) is 16.6. The second-order valence-electron chi connectivity index (χ2n) is 15.2. The minimum atomic E-state index is -5.12. The first-order valence-corrected chi connectivity index (χ1v) is 23.3. The summed E-state index contributed by atoms with van der Waals surface area (Å²) in [5, 5.41) is 50.0. The van der Waals surface area contributed by atoms with Crippen LogP contribution in [-0.4, -0.2) is 98.3 Å². The number of aliphatic hydroxyl groups is 5. The molecule has 6 N–H and O–H groups in total. The number of hydrogen-bond donors (Lipinski definition) is 6. The molecule has 0 spiro atoms. The number of phosphoric ester groups is 1. The van der Waals surface area contributed by atoms with Crippen molar-refractivity contribution < 1.29 is 63.1 Å². The Labute approximate surface area is 342 Å². The van der Waals surface area contributed by atoms with Crippen LogP contribution >= 0.6 is 7.82 Å². The standard InChI is InChI=1S/C43H77O13P/c1-3-5-7-9-11-13-15-17-18-20-21-23-25-27-29-31-36(44)53-33-35(34-54-57(51,52)56-43-41(49)39(47)38(46)40(48)42(43)50)55-37(45)32-30-28-26-24-22-19-16-14-12-10-8-6-4-2/h13-18,35,38-43,46-50H,3-12,19-34H2,1-2H3,(H,51,52)/b15-13+,16-14+,18-17+/t35-,38?,39-,40?,41?,42?,43?/m0/s1. The molecule has 332 valence electrons. The van der Waals surface area contributed by atoms with Crippen LogP contribution < -0.4 is 0 Å². The third-order valence-corrected chi connectivity index (χ3v) is 11.0. The zero-order chi connectivity index (χ0) is 42.2. The summed E-state index contributed by atoms with van der Waals surface area (Å²) in [6.45, 7) is 3.22. The third-order valence-electron chi connectivity index (χ3n) is 9.98. The summed E-state index contributed by atoms with van der Waals surface area (Å²) in [6.07, 6.45) is 23.5. The van der Waals surface area contributed by atoms with Crippen molar-refractivity contribution in [3.05, 3.63) is 36.5 Å². The maximum Gasteiger partial charge on any atom is 0.472 e. The fourth-order valence-corrected chi connectivity index (χ4v) is 7.36. The fraction of sp³-hybridized carbons (Fsp3) is 0.814. The Kier molecular flexibility index (Phi) is 31.5. The van der Waals surface area contributed by atoms with E-state index in [1.807, 2.05) is 0 Å². The van der Waals surface area contributed by atoms with Crippen molar-refractivity contribution in [3.8, 4) is 0 Å². The van der Waals surface area contributed by atoms with E-state index in [-0.39, 0.29) is 12.8 Å². The Balaban J connectivity index is 2.51. The largest absolute Gasteiger partial charge is 0.472 e. The lowest BCUT2D eigenvalue weighted by Crippen LogP contribution is -2.64. The SMILES string of the molecule is CCCCCC/C=C/C=C/CCCCCCCC(=O)OC[C@@H](COP(=O)(O)OC1C(O)C(O)C(O)[C@H](O)C1O)OC(=O)CCCCCCC/C=C/CCCCCC. The minimum Gasteiger partial charge on any atom is -0.462 e. The lowest BCUT2D eigenvalue weighted by molar-refractivity contribution is -0.220. The maximum atomic E-state index is 12.8. The predicted octanol–water partition coefficient (Wildman–Crippen LogP) is 7.83. The van der Waals surface area contributed by atoms with E-state index < -0.39 is 75.7 Å². The normalized spacial score (nSPS) is 23.0. The van der Waals surface area contributed by atoms with Crippen LogP contribution in [-0.2, 0) is 32.7 Å². The summed E-state index contributed by atoms with van der Waals surface area (Å²) in [6, 6.07) is 0. The van der Waals surface area contributed by atoms with Crippen LogP contribution in [0.1, 0.15) is 168 Å². The van der Waals surface area contributed by atoms with Gasteiger partial charge in [-0.25, -0.2) is 4.57 Å². The first-order chi connectivity index (χ1) is 27.4. The molecule has 57 heavy (non-hydrogen) atoms. The molecular formula is C43H77O13P. The Morgan fingerprint density at radius 2 is 0.947 bits per heavy atom. The van der Waals surface area contributed by atoms with E-state index in [1.54, 1.807) is 0 Å². The van der Waals surface area contributed by atoms with Gasteiger partial charge in [0.1, 0.15) is 43.2 Å². The van der Waals surface area contributed by atoms with E-state index in [2.05, 4.69) is 50.3 Å². The number of ether oxygens (including phenoxy) is 2. The van der Waals surface area contributed by atoms with Gasteiger partial charge in [0.2, 0.25) is 0 Å². The molecule has 1 rings (SSSR count). The molecule has 0 amide bonds. The molecule has 0 radical (unpaired) electrons. The lowest BCUT2D eigenvalue weighted by Gasteiger charge is -2.41. The number of aliphatic hydroxyl groups excluding tert-OH is 5. The van der Waals surface area contributed by atoms with Crippen molar-refractivity contribution in [1.29, 1.82) is 0 Å². The molecule has 0 aromatic heterocycles. The number of unbranched alkanes of at least 4 members (excludes halogenated alkanes) is 18. The molecule has 1 aliphatic rings. The van der Waals surface area contributed by atoms with Gasteiger partial charge in [0.25, 0.3) is 0 Å². The highest BCUT2D eigenvalue weighted by atomic mass is 31.2. The minimum absolute atomic E-state index is 0.0829. The highest BCUT2D eigenvalue weighted by molar-refractivity contribution is 7.47. The van der Waals surface area contributed by atoms with Crippen LogP contribution in [0.5, 0.6) is 0 Å². The summed E-state index contributed by atoms with van der Waals surface area (Å²) >= 11 is 0. The topological polar surface area (TPSA) is 210 Å². The summed E-state index contributed by atoms with van der Waals surface area (Å²) < 4.78 is 33.4. The van der Waals surface area contributed by atoms with Gasteiger partial charge in [-0.2, -0.15) is 0 Å². The number of rotatable bonds is 35. The highest BCUT2D eigenvalue weighted by Crippen LogP contribution is 2.47. The van der Waals surface area contributed by atoms with Gasteiger partial charge in [0.05, 0.1) is 6.61 Å². The van der Waals surface area contributed by atoms with Crippen molar-refractivity contribution in [2.24, 2.45) is 0 Å². The maximum absolute atomic E-state index is 12.8. The Bertz CT molecular complexity index is 1150. The van der Waals surface area contributed by atoms with E-state index in [4.69, 9.17) is 18.5 Å². The lowest BCUT2D eigenvalue weighted by atomic mass is 9.85. The van der Waals surface area contributed by atoms with E-state index >= 15 is 0 Å². The molecule has 0 aliphatic heterocycles. The van der Waals surface area contributed by atoms with Crippen LogP contribution in [0.25, 0.3) is 0 Å². The number of esters is 2. The highest BCUT2D eigenvalue weighted by Gasteiger charge is 2.51. The van der Waals surface area contributed by atoms with Crippen molar-refractivity contribution in [1.82, 2.24) is 0 Å². The molecule has 0 heterocycles. The predicted molar refractivity (Wildman–Crippen MR) is 221 cm³/mol. The molecule has 8 atom stereocenters. The average molecular weight is 833 g/mol. The second kappa shape index (κ2) is 33.9. The van der Waals surface area contributed by atoms with E-state index in [0.29, 0.717) is 12.8 Å². The van der Waals surface area contributed by atoms with Gasteiger partial charge in [-0.15, -0.1) is 0 Å². The number of phosphoric acid groups is 1. The fourth-order valence-electron chi connectivity index (χ4n) is 6.39. The van der Waals surface area contributed by atoms with Crippen molar-refractivity contribution in [3.63, 3.8) is 0 Å². The smallest absolute Gasteiger partial charge is 0.462 e. The van der Waals surface area contributed by atoms with Gasteiger partial charge in [0.15, 0.2) is 6.10 Å². The zero-order valence-corrected chi connectivity index (χ0v) is 35.8. The van der Waals surface area contributed by atoms with Crippen LogP contribution in [0.4, 0.5) is 0 Å². The number of carbonyl (C=O) groups excluding carboxylic acids is 2. The first-order valence-electron chi connectivity index (χ1n) is 21.8. The molecule has 0 bridgehead atoms. The molecule has 0 aromatic rings. The van der Waals surface area contributed by atoms with Gasteiger partial charge < -0.3 is 39.9 Å². The van der Waals surface area contributed by atoms with Gasteiger partial charge in [0, 0.05) is 12.8 Å². The Morgan fingerprint density at radius 3 is 1.44 bits per heavy atom. The number of carbonyl (C=O) groups is 2. The van der Waals surface area contributed by atoms with Gasteiger partial charge in [-0.3, -0.25) is 18.6 Å². The Morgan fingerprint density at radius 1 is 0.544 bits per heavy atom. The summed E-state index contributed by atoms with van der Waals surface area (Å²) in [5.41, 5.74) is 0. The molecule has 13 nitrogen and oxygen atoms in total. The molecule has 0 aromatic carbocycles. The molecule has 1 aliphatic carbocycles. The molecule has 6 unspecified atom stereocenters. The zero-order valence-electron chi connectivity index (χ0n) is 34.9. The average Bonchev–Trinajstić information content (AvgIpc) is 3.19. The Hall–Kier alpha value is -1.93. The van der Waals surface area contributed by atoms with E-state index in [0.717, 1.165) is 77.0 Å². The molecular weight excluding hydrogens is 755 g/mol. The monoisotopic (exact) mass is 833 g/mol. The van der Waals surface area contributed by atoms with Gasteiger partial charge in [-0.05, 0) is 64.2 Å². The summed E-state index contributed by atoms with van der Waals surface area (Å²) in [4.78, 5) is 35.6. The number of hydrogen-bond acceptors (Lipinski definition) is 12. The molecule has 0 saturated heterocycles. The molecule has 1 fully saturated rings. The summed E-state index contributed by atoms with van der Waals surface area (Å²) in [5.74, 6) is -1.13. The third kappa shape index (κ3) is 26.7. The van der Waals surface area contributed by atoms with Crippen molar-refractivity contribution in [2.75, 3.05) is 13.2 Å². The number of allylic oxidation sites excluding steroid dienone is 6. The van der Waals surface area contributed by atoms with Crippen molar-refractivity contribution in [2.45, 2.75) is 211 Å².